The first-order valence-electron chi connectivity index (χ1n) is 6.07. The summed E-state index contributed by atoms with van der Waals surface area (Å²) >= 11 is 5.87. The number of hydrogen-bond acceptors (Lipinski definition) is 4. The molecular weight excluding hydrogens is 323 g/mol. The molecule has 0 aliphatic heterocycles. The van der Waals surface area contributed by atoms with Crippen molar-refractivity contribution in [2.75, 3.05) is 13.6 Å². The van der Waals surface area contributed by atoms with Crippen LogP contribution in [0.5, 0.6) is 0 Å². The third-order valence-electron chi connectivity index (χ3n) is 3.13. The molecule has 118 valence electrons. The van der Waals surface area contributed by atoms with Crippen molar-refractivity contribution in [3.63, 3.8) is 0 Å². The van der Waals surface area contributed by atoms with Crippen LogP contribution in [0.2, 0.25) is 5.02 Å². The normalized spacial score (nSPS) is 13.6. The Morgan fingerprint density at radius 3 is 2.45 bits per heavy atom. The summed E-state index contributed by atoms with van der Waals surface area (Å²) in [6, 6.07) is -0.0281. The third-order valence-corrected chi connectivity index (χ3v) is 5.50. The van der Waals surface area contributed by atoms with E-state index in [4.69, 9.17) is 17.3 Å². The van der Waals surface area contributed by atoms with Crippen LogP contribution in [0.3, 0.4) is 0 Å². The van der Waals surface area contributed by atoms with E-state index < -0.39 is 10.0 Å². The van der Waals surface area contributed by atoms with Gasteiger partial charge in [0, 0.05) is 26.7 Å². The van der Waals surface area contributed by atoms with E-state index in [0.717, 1.165) is 0 Å². The van der Waals surface area contributed by atoms with Crippen LogP contribution < -0.4 is 5.73 Å². The predicted molar refractivity (Wildman–Crippen MR) is 82.7 cm³/mol. The molecule has 1 aromatic heterocycles. The summed E-state index contributed by atoms with van der Waals surface area (Å²) in [5, 5.41) is 3.98. The number of rotatable bonds is 6. The summed E-state index contributed by atoms with van der Waals surface area (Å²) in [6.07, 6.45) is 1.92. The van der Waals surface area contributed by atoms with E-state index in [-0.39, 0.29) is 28.5 Å². The number of hydrogen-bond donors (Lipinski definition) is 1. The molecule has 6 nitrogen and oxygen atoms in total. The van der Waals surface area contributed by atoms with Crippen LogP contribution in [0, 0.1) is 5.92 Å². The molecule has 0 aliphatic rings. The Morgan fingerprint density at radius 2 is 2.05 bits per heavy atom. The Hall–Kier alpha value is -0.340. The van der Waals surface area contributed by atoms with Crippen LogP contribution in [0.4, 0.5) is 0 Å². The van der Waals surface area contributed by atoms with Gasteiger partial charge in [-0.1, -0.05) is 25.4 Å². The molecule has 0 spiro atoms. The lowest BCUT2D eigenvalue weighted by Crippen LogP contribution is -2.35. The van der Waals surface area contributed by atoms with Crippen molar-refractivity contribution >= 4 is 34.0 Å². The molecule has 1 heterocycles. The third kappa shape index (κ3) is 4.33. The summed E-state index contributed by atoms with van der Waals surface area (Å²) in [5.74, 6) is 0.316. The summed E-state index contributed by atoms with van der Waals surface area (Å²) in [6.45, 7) is 4.37. The molecule has 1 atom stereocenters. The van der Waals surface area contributed by atoms with E-state index in [1.165, 1.54) is 22.2 Å². The van der Waals surface area contributed by atoms with Gasteiger partial charge < -0.3 is 5.73 Å². The van der Waals surface area contributed by atoms with Crippen molar-refractivity contribution in [3.8, 4) is 0 Å². The highest BCUT2D eigenvalue weighted by Gasteiger charge is 2.27. The van der Waals surface area contributed by atoms with Gasteiger partial charge in [0.1, 0.15) is 0 Å². The van der Waals surface area contributed by atoms with Crippen LogP contribution in [0.25, 0.3) is 0 Å². The fraction of sp³-hybridized carbons (Fsp3) is 0.727. The van der Waals surface area contributed by atoms with Gasteiger partial charge in [-0.05, 0) is 12.3 Å². The molecule has 0 radical (unpaired) electrons. The molecule has 0 saturated carbocycles. The molecule has 1 unspecified atom stereocenters. The standard InChI is InChI=1S/C11H21ClN4O2S.ClH/c1-8(2)10(13)5-6-15(3)19(17,18)11-9(12)7-14-16(11)4;/h7-8,10H,5-6,13H2,1-4H3;1H. The molecule has 0 aromatic carbocycles. The van der Waals surface area contributed by atoms with Gasteiger partial charge in [-0.15, -0.1) is 12.4 Å². The predicted octanol–water partition coefficient (Wildman–Crippen LogP) is 1.49. The lowest BCUT2D eigenvalue weighted by atomic mass is 10.0. The lowest BCUT2D eigenvalue weighted by Gasteiger charge is -2.21. The first-order valence-corrected chi connectivity index (χ1v) is 7.89. The monoisotopic (exact) mass is 344 g/mol. The van der Waals surface area contributed by atoms with E-state index >= 15 is 0 Å². The van der Waals surface area contributed by atoms with Crippen LogP contribution in [0.15, 0.2) is 11.2 Å². The maximum atomic E-state index is 12.4. The van der Waals surface area contributed by atoms with E-state index in [0.29, 0.717) is 18.9 Å². The highest BCUT2D eigenvalue weighted by atomic mass is 35.5. The highest BCUT2D eigenvalue weighted by Crippen LogP contribution is 2.23. The smallest absolute Gasteiger partial charge is 0.261 e. The molecule has 0 amide bonds. The average Bonchev–Trinajstić information content (AvgIpc) is 2.65. The fourth-order valence-electron chi connectivity index (χ4n) is 1.62. The summed E-state index contributed by atoms with van der Waals surface area (Å²) < 4.78 is 27.2. The number of aryl methyl sites for hydroxylation is 1. The summed E-state index contributed by atoms with van der Waals surface area (Å²) in [5.41, 5.74) is 5.92. The minimum atomic E-state index is -3.63. The lowest BCUT2D eigenvalue weighted by molar-refractivity contribution is 0.395. The minimum Gasteiger partial charge on any atom is -0.327 e. The Morgan fingerprint density at radius 1 is 1.50 bits per heavy atom. The fourth-order valence-corrected chi connectivity index (χ4v) is 3.40. The molecule has 1 rings (SSSR count). The minimum absolute atomic E-state index is 0. The molecule has 0 aliphatic carbocycles. The van der Waals surface area contributed by atoms with Gasteiger partial charge in [-0.2, -0.15) is 9.40 Å². The Balaban J connectivity index is 0.00000361. The second-order valence-electron chi connectivity index (χ2n) is 4.94. The van der Waals surface area contributed by atoms with E-state index in [1.54, 1.807) is 7.05 Å². The van der Waals surface area contributed by atoms with Crippen molar-refractivity contribution in [1.29, 1.82) is 0 Å². The topological polar surface area (TPSA) is 81.2 Å². The number of nitrogens with two attached hydrogens (primary N) is 1. The number of halogens is 2. The number of aromatic nitrogens is 2. The molecule has 20 heavy (non-hydrogen) atoms. The number of nitrogens with zero attached hydrogens (tertiary/aromatic N) is 3. The van der Waals surface area contributed by atoms with Gasteiger partial charge in [-0.25, -0.2) is 8.42 Å². The molecule has 9 heteroatoms. The SMILES string of the molecule is CC(C)C(N)CCN(C)S(=O)(=O)c1c(Cl)cnn1C.Cl. The van der Waals surface area contributed by atoms with Crippen molar-refractivity contribution in [1.82, 2.24) is 14.1 Å². The second-order valence-corrected chi connectivity index (χ2v) is 7.31. The molecule has 2 N–H and O–H groups in total. The van der Waals surface area contributed by atoms with Gasteiger partial charge in [0.05, 0.1) is 11.2 Å². The van der Waals surface area contributed by atoms with E-state index in [9.17, 15) is 8.42 Å². The van der Waals surface area contributed by atoms with Gasteiger partial charge in [0.25, 0.3) is 10.0 Å². The molecule has 0 bridgehead atoms. The molecule has 0 saturated heterocycles. The van der Waals surface area contributed by atoms with Crippen LogP contribution in [-0.2, 0) is 17.1 Å². The zero-order valence-corrected chi connectivity index (χ0v) is 14.5. The summed E-state index contributed by atoms with van der Waals surface area (Å²) in [7, 11) is -0.564. The maximum Gasteiger partial charge on any atom is 0.261 e. The molecule has 0 fully saturated rings. The van der Waals surface area contributed by atoms with Crippen molar-refractivity contribution in [2.45, 2.75) is 31.3 Å². The second kappa shape index (κ2) is 7.61. The van der Waals surface area contributed by atoms with Crippen molar-refractivity contribution in [2.24, 2.45) is 18.7 Å². The van der Waals surface area contributed by atoms with Gasteiger partial charge in [-0.3, -0.25) is 4.68 Å². The zero-order valence-electron chi connectivity index (χ0n) is 12.1. The maximum absolute atomic E-state index is 12.4. The average molecular weight is 345 g/mol. The Bertz CT molecular complexity index is 511. The Labute approximate surface area is 131 Å². The number of sulfonamides is 1. The van der Waals surface area contributed by atoms with Crippen molar-refractivity contribution in [3.05, 3.63) is 11.2 Å². The molecular formula is C11H22Cl2N4O2S. The van der Waals surface area contributed by atoms with Crippen molar-refractivity contribution < 1.29 is 8.42 Å². The van der Waals surface area contributed by atoms with Gasteiger partial charge in [0.15, 0.2) is 5.03 Å². The van der Waals surface area contributed by atoms with E-state index in [2.05, 4.69) is 5.10 Å². The van der Waals surface area contributed by atoms with Gasteiger partial charge in [0.2, 0.25) is 0 Å². The largest absolute Gasteiger partial charge is 0.327 e. The van der Waals surface area contributed by atoms with E-state index in [1.807, 2.05) is 13.8 Å². The van der Waals surface area contributed by atoms with Crippen LogP contribution >= 0.6 is 24.0 Å². The van der Waals surface area contributed by atoms with Crippen LogP contribution in [-0.4, -0.2) is 42.1 Å². The highest BCUT2D eigenvalue weighted by molar-refractivity contribution is 7.89. The zero-order chi connectivity index (χ0) is 14.8. The first-order chi connectivity index (χ1) is 8.67. The Kier molecular flexibility index (Phi) is 7.48. The molecule has 1 aromatic rings. The first kappa shape index (κ1) is 19.7. The summed E-state index contributed by atoms with van der Waals surface area (Å²) in [4.78, 5) is 0. The van der Waals surface area contributed by atoms with Crippen LogP contribution in [0.1, 0.15) is 20.3 Å². The van der Waals surface area contributed by atoms with Gasteiger partial charge >= 0.3 is 0 Å². The quantitative estimate of drug-likeness (QED) is 0.847.